The normalized spacial score (nSPS) is 15.1. The van der Waals surface area contributed by atoms with Crippen molar-refractivity contribution in [3.63, 3.8) is 0 Å². The summed E-state index contributed by atoms with van der Waals surface area (Å²) in [5, 5.41) is 7.83. The molecule has 7 heteroatoms. The molecule has 0 spiro atoms. The SMILES string of the molecule is CC(=NNC(=O)c1ccc(Cl)c(Cl)c1)c1ccc(NC(=O)C2CCCCC2)cc1. The summed E-state index contributed by atoms with van der Waals surface area (Å²) in [5.41, 5.74) is 5.13. The molecule has 2 aromatic rings. The third kappa shape index (κ3) is 5.81. The van der Waals surface area contributed by atoms with Crippen molar-refractivity contribution in [1.29, 1.82) is 0 Å². The van der Waals surface area contributed by atoms with Gasteiger partial charge >= 0.3 is 0 Å². The van der Waals surface area contributed by atoms with E-state index in [-0.39, 0.29) is 17.7 Å². The lowest BCUT2D eigenvalue weighted by atomic mass is 9.88. The van der Waals surface area contributed by atoms with Crippen LogP contribution in [-0.2, 0) is 4.79 Å². The van der Waals surface area contributed by atoms with Gasteiger partial charge in [0, 0.05) is 17.2 Å². The van der Waals surface area contributed by atoms with Gasteiger partial charge in [0.1, 0.15) is 0 Å². The van der Waals surface area contributed by atoms with Crippen LogP contribution in [0.1, 0.15) is 54.9 Å². The van der Waals surface area contributed by atoms with Gasteiger partial charge in [-0.05, 0) is 55.7 Å². The van der Waals surface area contributed by atoms with Gasteiger partial charge in [0.15, 0.2) is 0 Å². The fourth-order valence-corrected chi connectivity index (χ4v) is 3.60. The number of hydrogen-bond donors (Lipinski definition) is 2. The molecule has 0 unspecified atom stereocenters. The maximum absolute atomic E-state index is 12.3. The molecule has 2 N–H and O–H groups in total. The Morgan fingerprint density at radius 2 is 1.59 bits per heavy atom. The molecule has 1 fully saturated rings. The number of hydrazone groups is 1. The van der Waals surface area contributed by atoms with Crippen molar-refractivity contribution in [1.82, 2.24) is 5.43 Å². The van der Waals surface area contributed by atoms with E-state index < -0.39 is 0 Å². The number of anilines is 1. The van der Waals surface area contributed by atoms with Crippen molar-refractivity contribution in [2.75, 3.05) is 5.32 Å². The summed E-state index contributed by atoms with van der Waals surface area (Å²) in [6.45, 7) is 1.80. The van der Waals surface area contributed by atoms with Gasteiger partial charge in [-0.3, -0.25) is 9.59 Å². The van der Waals surface area contributed by atoms with Gasteiger partial charge in [-0.1, -0.05) is 54.6 Å². The highest BCUT2D eigenvalue weighted by Gasteiger charge is 2.21. The van der Waals surface area contributed by atoms with E-state index in [0.29, 0.717) is 21.3 Å². The van der Waals surface area contributed by atoms with Crippen molar-refractivity contribution < 1.29 is 9.59 Å². The van der Waals surface area contributed by atoms with Crippen LogP contribution in [0.25, 0.3) is 0 Å². The number of nitrogens with one attached hydrogen (secondary N) is 2. The van der Waals surface area contributed by atoms with E-state index in [1.807, 2.05) is 24.3 Å². The van der Waals surface area contributed by atoms with E-state index in [1.165, 1.54) is 12.5 Å². The van der Waals surface area contributed by atoms with Crippen molar-refractivity contribution >= 4 is 46.4 Å². The second-order valence-corrected chi connectivity index (χ2v) is 7.98. The molecule has 0 heterocycles. The maximum atomic E-state index is 12.3. The Labute approximate surface area is 180 Å². The minimum Gasteiger partial charge on any atom is -0.326 e. The molecule has 2 amide bonds. The molecular formula is C22H23Cl2N3O2. The summed E-state index contributed by atoms with van der Waals surface area (Å²) < 4.78 is 0. The molecule has 5 nitrogen and oxygen atoms in total. The fourth-order valence-electron chi connectivity index (χ4n) is 3.30. The molecular weight excluding hydrogens is 409 g/mol. The van der Waals surface area contributed by atoms with Crippen LogP contribution in [0.3, 0.4) is 0 Å². The summed E-state index contributed by atoms with van der Waals surface area (Å²) in [6, 6.07) is 12.1. The summed E-state index contributed by atoms with van der Waals surface area (Å²) in [7, 11) is 0. The van der Waals surface area contributed by atoms with E-state index in [9.17, 15) is 9.59 Å². The van der Waals surface area contributed by atoms with Gasteiger partial charge in [0.25, 0.3) is 5.91 Å². The van der Waals surface area contributed by atoms with Crippen LogP contribution in [0.15, 0.2) is 47.6 Å². The zero-order valence-electron chi connectivity index (χ0n) is 16.2. The minimum atomic E-state index is -0.376. The molecule has 3 rings (SSSR count). The van der Waals surface area contributed by atoms with Crippen LogP contribution in [0.5, 0.6) is 0 Å². The molecule has 1 aliphatic rings. The van der Waals surface area contributed by atoms with E-state index >= 15 is 0 Å². The fraction of sp³-hybridized carbons (Fsp3) is 0.318. The predicted octanol–water partition coefficient (Wildman–Crippen LogP) is 5.67. The van der Waals surface area contributed by atoms with Crippen LogP contribution in [-0.4, -0.2) is 17.5 Å². The zero-order valence-corrected chi connectivity index (χ0v) is 17.7. The van der Waals surface area contributed by atoms with Crippen molar-refractivity contribution in [2.45, 2.75) is 39.0 Å². The number of carbonyl (C=O) groups excluding carboxylic acids is 2. The van der Waals surface area contributed by atoms with Gasteiger partial charge < -0.3 is 5.32 Å². The van der Waals surface area contributed by atoms with Gasteiger partial charge in [-0.25, -0.2) is 5.43 Å². The summed E-state index contributed by atoms with van der Waals surface area (Å²) in [4.78, 5) is 24.5. The second kappa shape index (κ2) is 9.90. The topological polar surface area (TPSA) is 70.6 Å². The molecule has 1 saturated carbocycles. The first-order chi connectivity index (χ1) is 13.9. The maximum Gasteiger partial charge on any atom is 0.271 e. The highest BCUT2D eigenvalue weighted by molar-refractivity contribution is 6.42. The Morgan fingerprint density at radius 3 is 2.24 bits per heavy atom. The monoisotopic (exact) mass is 431 g/mol. The molecule has 0 saturated heterocycles. The lowest BCUT2D eigenvalue weighted by Gasteiger charge is -2.20. The lowest BCUT2D eigenvalue weighted by Crippen LogP contribution is -2.24. The standard InChI is InChI=1S/C22H23Cl2N3O2/c1-14(26-27-22(29)17-9-12-19(23)20(24)13-17)15-7-10-18(11-8-15)25-21(28)16-5-3-2-4-6-16/h7-13,16H,2-6H2,1H3,(H,25,28)(H,27,29). The smallest absolute Gasteiger partial charge is 0.271 e. The molecule has 0 aliphatic heterocycles. The van der Waals surface area contributed by atoms with E-state index in [0.717, 1.165) is 36.9 Å². The number of nitrogens with zero attached hydrogens (tertiary/aromatic N) is 1. The number of benzene rings is 2. The van der Waals surface area contributed by atoms with E-state index in [1.54, 1.807) is 19.1 Å². The average molecular weight is 432 g/mol. The number of rotatable bonds is 5. The van der Waals surface area contributed by atoms with Crippen LogP contribution >= 0.6 is 23.2 Å². The van der Waals surface area contributed by atoms with E-state index in [4.69, 9.17) is 23.2 Å². The molecule has 0 bridgehead atoms. The molecule has 29 heavy (non-hydrogen) atoms. The first kappa shape index (κ1) is 21.3. The summed E-state index contributed by atoms with van der Waals surface area (Å²) in [5.74, 6) is -0.167. The average Bonchev–Trinajstić information content (AvgIpc) is 2.74. The third-order valence-corrected chi connectivity index (χ3v) is 5.79. The Morgan fingerprint density at radius 1 is 0.931 bits per heavy atom. The van der Waals surface area contributed by atoms with Crippen molar-refractivity contribution in [2.24, 2.45) is 11.0 Å². The van der Waals surface area contributed by atoms with Crippen LogP contribution in [0, 0.1) is 5.92 Å². The second-order valence-electron chi connectivity index (χ2n) is 7.17. The minimum absolute atomic E-state index is 0.0942. The molecule has 2 aromatic carbocycles. The number of carbonyl (C=O) groups is 2. The van der Waals surface area contributed by atoms with Crippen LogP contribution in [0.2, 0.25) is 10.0 Å². The van der Waals surface area contributed by atoms with Crippen LogP contribution < -0.4 is 10.7 Å². The number of halogens is 2. The first-order valence-corrected chi connectivity index (χ1v) is 10.4. The molecule has 0 atom stereocenters. The van der Waals surface area contributed by atoms with Gasteiger partial charge in [0.05, 0.1) is 15.8 Å². The highest BCUT2D eigenvalue weighted by Crippen LogP contribution is 2.25. The van der Waals surface area contributed by atoms with Gasteiger partial charge in [-0.15, -0.1) is 0 Å². The zero-order chi connectivity index (χ0) is 20.8. The Kier molecular flexibility index (Phi) is 7.29. The van der Waals surface area contributed by atoms with E-state index in [2.05, 4.69) is 15.8 Å². The number of hydrogen-bond acceptors (Lipinski definition) is 3. The first-order valence-electron chi connectivity index (χ1n) is 9.65. The van der Waals surface area contributed by atoms with Crippen molar-refractivity contribution in [3.05, 3.63) is 63.6 Å². The molecule has 152 valence electrons. The Hall–Kier alpha value is -2.37. The predicted molar refractivity (Wildman–Crippen MR) is 118 cm³/mol. The molecule has 0 aromatic heterocycles. The van der Waals surface area contributed by atoms with Crippen LogP contribution in [0.4, 0.5) is 5.69 Å². The summed E-state index contributed by atoms with van der Waals surface area (Å²) >= 11 is 11.8. The van der Waals surface area contributed by atoms with Crippen molar-refractivity contribution in [3.8, 4) is 0 Å². The molecule has 0 radical (unpaired) electrons. The summed E-state index contributed by atoms with van der Waals surface area (Å²) in [6.07, 6.45) is 5.41. The largest absolute Gasteiger partial charge is 0.326 e. The quantitative estimate of drug-likeness (QED) is 0.472. The molecule has 1 aliphatic carbocycles. The Bertz CT molecular complexity index is 920. The van der Waals surface area contributed by atoms with Gasteiger partial charge in [0.2, 0.25) is 5.91 Å². The lowest BCUT2D eigenvalue weighted by molar-refractivity contribution is -0.120. The third-order valence-electron chi connectivity index (χ3n) is 5.05. The van der Waals surface area contributed by atoms with Gasteiger partial charge in [-0.2, -0.15) is 5.10 Å². The number of amides is 2. The Balaban J connectivity index is 1.58. The highest BCUT2D eigenvalue weighted by atomic mass is 35.5.